The lowest BCUT2D eigenvalue weighted by molar-refractivity contribution is -0.122. The Morgan fingerprint density at radius 3 is 2.84 bits per heavy atom. The molecule has 0 radical (unpaired) electrons. The molecule has 1 heterocycles. The number of nitrogens with one attached hydrogen (secondary N) is 1. The van der Waals surface area contributed by atoms with E-state index < -0.39 is 11.7 Å². The van der Waals surface area contributed by atoms with Crippen LogP contribution in [0.3, 0.4) is 0 Å². The first-order chi connectivity index (χ1) is 9.04. The molecule has 6 heteroatoms. The highest BCUT2D eigenvalue weighted by Crippen LogP contribution is 2.30. The van der Waals surface area contributed by atoms with Crippen molar-refractivity contribution < 1.29 is 14.4 Å². The first-order valence-corrected chi connectivity index (χ1v) is 5.95. The molecule has 1 aromatic carbocycles. The van der Waals surface area contributed by atoms with Gasteiger partial charge in [0.1, 0.15) is 6.54 Å². The van der Waals surface area contributed by atoms with Crippen LogP contribution < -0.4 is 10.2 Å². The molecule has 0 saturated heterocycles. The summed E-state index contributed by atoms with van der Waals surface area (Å²) in [7, 11) is 0. The van der Waals surface area contributed by atoms with E-state index in [-0.39, 0.29) is 18.0 Å². The number of hydrogen-bond acceptors (Lipinski definition) is 3. The van der Waals surface area contributed by atoms with E-state index in [0.717, 1.165) is 4.90 Å². The van der Waals surface area contributed by atoms with Crippen molar-refractivity contribution in [3.8, 4) is 0 Å². The first-order valence-electron chi connectivity index (χ1n) is 5.58. The van der Waals surface area contributed by atoms with E-state index in [1.807, 2.05) is 0 Å². The number of fused-ring (bicyclic) bond motifs is 1. The first kappa shape index (κ1) is 13.3. The summed E-state index contributed by atoms with van der Waals surface area (Å²) in [5.74, 6) is -1.72. The van der Waals surface area contributed by atoms with E-state index in [2.05, 4.69) is 11.9 Å². The molecule has 2 rings (SSSR count). The molecule has 1 aliphatic heterocycles. The van der Waals surface area contributed by atoms with Crippen LogP contribution in [0.15, 0.2) is 30.9 Å². The highest BCUT2D eigenvalue weighted by atomic mass is 35.5. The number of ketones is 1. The molecule has 0 aromatic heterocycles. The van der Waals surface area contributed by atoms with Crippen LogP contribution >= 0.6 is 11.6 Å². The zero-order valence-electron chi connectivity index (χ0n) is 9.98. The van der Waals surface area contributed by atoms with Gasteiger partial charge in [0.25, 0.3) is 11.7 Å². The van der Waals surface area contributed by atoms with Gasteiger partial charge in [0.15, 0.2) is 0 Å². The lowest BCUT2D eigenvalue weighted by Gasteiger charge is -2.15. The Kier molecular flexibility index (Phi) is 3.66. The van der Waals surface area contributed by atoms with Crippen LogP contribution in [0, 0.1) is 0 Å². The summed E-state index contributed by atoms with van der Waals surface area (Å²) in [6.45, 7) is 3.58. The second-order valence-electron chi connectivity index (χ2n) is 3.97. The Labute approximate surface area is 114 Å². The Bertz CT molecular complexity index is 583. The fourth-order valence-corrected chi connectivity index (χ4v) is 1.99. The number of rotatable bonds is 4. The molecule has 0 spiro atoms. The number of benzene rings is 1. The van der Waals surface area contributed by atoms with Gasteiger partial charge in [-0.2, -0.15) is 0 Å². The molecule has 1 N–H and O–H groups in total. The molecule has 0 atom stereocenters. The van der Waals surface area contributed by atoms with Crippen LogP contribution in [0.1, 0.15) is 10.4 Å². The molecule has 19 heavy (non-hydrogen) atoms. The second-order valence-corrected chi connectivity index (χ2v) is 4.41. The van der Waals surface area contributed by atoms with E-state index in [1.54, 1.807) is 12.1 Å². The minimum atomic E-state index is -0.717. The lowest BCUT2D eigenvalue weighted by atomic mass is 10.1. The van der Waals surface area contributed by atoms with Crippen LogP contribution in [-0.2, 0) is 9.59 Å². The molecular weight excluding hydrogens is 268 g/mol. The topological polar surface area (TPSA) is 66.5 Å². The molecule has 0 saturated carbocycles. The molecule has 2 amide bonds. The molecule has 98 valence electrons. The zero-order valence-corrected chi connectivity index (χ0v) is 10.7. The van der Waals surface area contributed by atoms with Gasteiger partial charge in [-0.15, -0.1) is 6.58 Å². The van der Waals surface area contributed by atoms with Crippen molar-refractivity contribution in [2.75, 3.05) is 18.0 Å². The van der Waals surface area contributed by atoms with Crippen molar-refractivity contribution in [2.24, 2.45) is 0 Å². The molecule has 0 unspecified atom stereocenters. The zero-order chi connectivity index (χ0) is 14.0. The van der Waals surface area contributed by atoms with Crippen LogP contribution in [0.2, 0.25) is 5.02 Å². The van der Waals surface area contributed by atoms with Gasteiger partial charge >= 0.3 is 0 Å². The summed E-state index contributed by atoms with van der Waals surface area (Å²) < 4.78 is 0. The third-order valence-corrected chi connectivity index (χ3v) is 2.91. The Balaban J connectivity index is 2.24. The summed E-state index contributed by atoms with van der Waals surface area (Å²) >= 11 is 5.79. The summed E-state index contributed by atoms with van der Waals surface area (Å²) in [6.07, 6.45) is 1.53. The SMILES string of the molecule is C=CCNC(=O)CN1C(=O)C(=O)c2cc(Cl)ccc21. The molecule has 0 aliphatic carbocycles. The van der Waals surface area contributed by atoms with Crippen molar-refractivity contribution in [1.29, 1.82) is 0 Å². The van der Waals surface area contributed by atoms with Crippen molar-refractivity contribution in [3.63, 3.8) is 0 Å². The van der Waals surface area contributed by atoms with E-state index >= 15 is 0 Å². The van der Waals surface area contributed by atoms with Crippen LogP contribution in [0.25, 0.3) is 0 Å². The van der Waals surface area contributed by atoms with Gasteiger partial charge in [0, 0.05) is 11.6 Å². The van der Waals surface area contributed by atoms with E-state index in [1.165, 1.54) is 12.1 Å². The predicted molar refractivity (Wildman–Crippen MR) is 71.3 cm³/mol. The largest absolute Gasteiger partial charge is 0.351 e. The van der Waals surface area contributed by atoms with Gasteiger partial charge in [-0.25, -0.2) is 0 Å². The van der Waals surface area contributed by atoms with Gasteiger partial charge in [-0.05, 0) is 18.2 Å². The Morgan fingerprint density at radius 1 is 1.42 bits per heavy atom. The van der Waals surface area contributed by atoms with Crippen molar-refractivity contribution in [1.82, 2.24) is 5.32 Å². The third-order valence-electron chi connectivity index (χ3n) is 2.68. The average molecular weight is 279 g/mol. The maximum atomic E-state index is 11.8. The molecular formula is C13H11ClN2O3. The number of hydrogen-bond donors (Lipinski definition) is 1. The maximum Gasteiger partial charge on any atom is 0.299 e. The number of anilines is 1. The predicted octanol–water partition coefficient (Wildman–Crippen LogP) is 1.17. The van der Waals surface area contributed by atoms with Crippen LogP contribution in [-0.4, -0.2) is 30.7 Å². The third kappa shape index (κ3) is 2.51. The molecule has 5 nitrogen and oxygen atoms in total. The Hall–Kier alpha value is -2.14. The number of halogens is 1. The molecule has 1 aromatic rings. The summed E-state index contributed by atoms with van der Waals surface area (Å²) in [4.78, 5) is 36.3. The highest BCUT2D eigenvalue weighted by Gasteiger charge is 2.36. The van der Waals surface area contributed by atoms with E-state index in [9.17, 15) is 14.4 Å². The van der Waals surface area contributed by atoms with Crippen LogP contribution in [0.5, 0.6) is 0 Å². The van der Waals surface area contributed by atoms with Gasteiger partial charge in [-0.3, -0.25) is 19.3 Å². The number of Topliss-reactive ketones (excluding diaryl/α,β-unsaturated/α-hetero) is 1. The normalized spacial score (nSPS) is 13.4. The Morgan fingerprint density at radius 2 is 2.16 bits per heavy atom. The van der Waals surface area contributed by atoms with Crippen LogP contribution in [0.4, 0.5) is 5.69 Å². The van der Waals surface area contributed by atoms with E-state index in [4.69, 9.17) is 11.6 Å². The average Bonchev–Trinajstić information content (AvgIpc) is 2.61. The minimum Gasteiger partial charge on any atom is -0.351 e. The lowest BCUT2D eigenvalue weighted by Crippen LogP contribution is -2.40. The van der Waals surface area contributed by atoms with Crippen molar-refractivity contribution in [2.45, 2.75) is 0 Å². The van der Waals surface area contributed by atoms with Gasteiger partial charge < -0.3 is 5.32 Å². The fourth-order valence-electron chi connectivity index (χ4n) is 1.82. The van der Waals surface area contributed by atoms with Crippen molar-refractivity contribution >= 4 is 34.9 Å². The van der Waals surface area contributed by atoms with E-state index in [0.29, 0.717) is 17.3 Å². The quantitative estimate of drug-likeness (QED) is 0.664. The van der Waals surface area contributed by atoms with Crippen molar-refractivity contribution in [3.05, 3.63) is 41.4 Å². The van der Waals surface area contributed by atoms with Gasteiger partial charge in [-0.1, -0.05) is 17.7 Å². The fraction of sp³-hybridized carbons (Fsp3) is 0.154. The summed E-state index contributed by atoms with van der Waals surface area (Å²) in [5, 5.41) is 2.92. The standard InChI is InChI=1S/C13H11ClN2O3/c1-2-5-15-11(17)7-16-10-4-3-8(14)6-9(10)12(18)13(16)19/h2-4,6H,1,5,7H2,(H,15,17). The number of nitrogens with zero attached hydrogens (tertiary/aromatic N) is 1. The molecule has 0 fully saturated rings. The number of amides is 2. The number of carbonyl (C=O) groups excluding carboxylic acids is 3. The maximum absolute atomic E-state index is 11.8. The molecule has 1 aliphatic rings. The minimum absolute atomic E-state index is 0.201. The van der Waals surface area contributed by atoms with Gasteiger partial charge in [0.05, 0.1) is 11.3 Å². The molecule has 0 bridgehead atoms. The van der Waals surface area contributed by atoms with Gasteiger partial charge in [0.2, 0.25) is 5.91 Å². The smallest absolute Gasteiger partial charge is 0.299 e. The summed E-state index contributed by atoms with van der Waals surface area (Å²) in [5.41, 5.74) is 0.641. The number of carbonyl (C=O) groups is 3. The second kappa shape index (κ2) is 5.24. The highest BCUT2D eigenvalue weighted by molar-refractivity contribution is 6.53. The monoisotopic (exact) mass is 278 g/mol. The summed E-state index contributed by atoms with van der Waals surface area (Å²) in [6, 6.07) is 4.56.